The minimum atomic E-state index is -3.86. The highest BCUT2D eigenvalue weighted by atomic mass is 79.9. The first-order valence-electron chi connectivity index (χ1n) is 7.00. The first-order valence-corrected chi connectivity index (χ1v) is 9.64. The Bertz CT molecular complexity index is 858. The van der Waals surface area contributed by atoms with Crippen molar-refractivity contribution in [3.63, 3.8) is 0 Å². The first kappa shape index (κ1) is 18.4. The highest BCUT2D eigenvalue weighted by Gasteiger charge is 2.30. The molecule has 0 aliphatic carbocycles. The minimum Gasteiger partial charge on any atom is -0.324 e. The number of carbonyl (C=O) groups excluding carboxylic acids is 1. The fraction of sp³-hybridized carbons (Fsp3) is 0.188. The summed E-state index contributed by atoms with van der Waals surface area (Å²) in [7, 11) is -3.86. The summed E-state index contributed by atoms with van der Waals surface area (Å²) in [5, 5.41) is 2.63. The van der Waals surface area contributed by atoms with E-state index in [0.717, 1.165) is 21.1 Å². The second-order valence-corrected chi connectivity index (χ2v) is 7.96. The van der Waals surface area contributed by atoms with Crippen LogP contribution < -0.4 is 9.62 Å². The van der Waals surface area contributed by atoms with E-state index in [1.807, 2.05) is 0 Å². The zero-order chi connectivity index (χ0) is 17.9. The number of hydrogen-bond acceptors (Lipinski definition) is 3. The molecular weight excluding hydrogens is 399 g/mol. The van der Waals surface area contributed by atoms with Crippen LogP contribution in [-0.4, -0.2) is 26.6 Å². The molecule has 0 fully saturated rings. The summed E-state index contributed by atoms with van der Waals surface area (Å²) < 4.78 is 39.8. The molecule has 0 saturated carbocycles. The maximum atomic E-state index is 14.0. The van der Waals surface area contributed by atoms with Gasteiger partial charge in [-0.25, -0.2) is 12.8 Å². The number of rotatable bonds is 5. The highest BCUT2D eigenvalue weighted by molar-refractivity contribution is 9.10. The molecular formula is C16H16BrFN2O3S. The molecule has 8 heteroatoms. The van der Waals surface area contributed by atoms with Crippen LogP contribution in [-0.2, 0) is 14.8 Å². The Hall–Kier alpha value is -1.93. The lowest BCUT2D eigenvalue weighted by Gasteiger charge is -2.28. The van der Waals surface area contributed by atoms with Crippen molar-refractivity contribution in [2.75, 3.05) is 15.9 Å². The van der Waals surface area contributed by atoms with E-state index in [0.29, 0.717) is 5.69 Å². The van der Waals surface area contributed by atoms with E-state index in [1.165, 1.54) is 25.1 Å². The molecule has 5 nitrogen and oxygen atoms in total. The van der Waals surface area contributed by atoms with Gasteiger partial charge in [0.05, 0.1) is 11.9 Å². The van der Waals surface area contributed by atoms with Gasteiger partial charge in [-0.2, -0.15) is 0 Å². The van der Waals surface area contributed by atoms with Crippen LogP contribution in [0.25, 0.3) is 0 Å². The van der Waals surface area contributed by atoms with Crippen LogP contribution in [0.15, 0.2) is 53.0 Å². The molecule has 0 spiro atoms. The molecule has 0 unspecified atom stereocenters. The fourth-order valence-corrected chi connectivity index (χ4v) is 3.80. The van der Waals surface area contributed by atoms with Gasteiger partial charge in [0.1, 0.15) is 11.9 Å². The predicted octanol–water partition coefficient (Wildman–Crippen LogP) is 3.38. The highest BCUT2D eigenvalue weighted by Crippen LogP contribution is 2.25. The predicted molar refractivity (Wildman–Crippen MR) is 96.0 cm³/mol. The standard InChI is InChI=1S/C16H16BrFN2O3S/c1-11(16(21)19-13-7-5-6-12(17)10-13)20(24(2,22)23)15-9-4-3-8-14(15)18/h3-11H,1-2H3,(H,19,21)/t11-/m0/s1. The van der Waals surface area contributed by atoms with Gasteiger partial charge in [0, 0.05) is 10.2 Å². The number of anilines is 2. The SMILES string of the molecule is C[C@@H](C(=O)Nc1cccc(Br)c1)N(c1ccccc1F)S(C)(=O)=O. The van der Waals surface area contributed by atoms with Gasteiger partial charge >= 0.3 is 0 Å². The van der Waals surface area contributed by atoms with Gasteiger partial charge in [-0.05, 0) is 37.3 Å². The van der Waals surface area contributed by atoms with E-state index in [-0.39, 0.29) is 5.69 Å². The van der Waals surface area contributed by atoms with Crippen LogP contribution in [0.1, 0.15) is 6.92 Å². The quantitative estimate of drug-likeness (QED) is 0.815. The lowest BCUT2D eigenvalue weighted by Crippen LogP contribution is -2.45. The first-order chi connectivity index (χ1) is 11.2. The van der Waals surface area contributed by atoms with Crippen molar-refractivity contribution >= 4 is 43.2 Å². The average Bonchev–Trinajstić information content (AvgIpc) is 2.48. The molecule has 0 aliphatic heterocycles. The second kappa shape index (κ2) is 7.31. The van der Waals surface area contributed by atoms with Crippen LogP contribution in [0.5, 0.6) is 0 Å². The normalized spacial score (nSPS) is 12.5. The molecule has 2 aromatic rings. The summed E-state index contributed by atoms with van der Waals surface area (Å²) in [6, 6.07) is 11.2. The minimum absolute atomic E-state index is 0.170. The number of amides is 1. The number of halogens is 2. The maximum absolute atomic E-state index is 14.0. The van der Waals surface area contributed by atoms with Crippen LogP contribution in [0.4, 0.5) is 15.8 Å². The topological polar surface area (TPSA) is 66.5 Å². The Balaban J connectivity index is 2.33. The molecule has 0 aromatic heterocycles. The molecule has 2 aromatic carbocycles. The van der Waals surface area contributed by atoms with Crippen LogP contribution in [0.2, 0.25) is 0 Å². The largest absolute Gasteiger partial charge is 0.324 e. The van der Waals surface area contributed by atoms with E-state index < -0.39 is 27.8 Å². The lowest BCUT2D eigenvalue weighted by atomic mass is 10.2. The number of nitrogens with one attached hydrogen (secondary N) is 1. The third-order valence-electron chi connectivity index (χ3n) is 3.27. The molecule has 24 heavy (non-hydrogen) atoms. The van der Waals surface area contributed by atoms with E-state index in [1.54, 1.807) is 24.3 Å². The summed E-state index contributed by atoms with van der Waals surface area (Å²) in [5.74, 6) is -1.29. The average molecular weight is 415 g/mol. The van der Waals surface area contributed by atoms with Gasteiger partial charge < -0.3 is 5.32 Å². The molecule has 1 amide bonds. The van der Waals surface area contributed by atoms with E-state index in [9.17, 15) is 17.6 Å². The Morgan fingerprint density at radius 2 is 1.88 bits per heavy atom. The number of benzene rings is 2. The van der Waals surface area contributed by atoms with Crippen molar-refractivity contribution in [2.45, 2.75) is 13.0 Å². The van der Waals surface area contributed by atoms with Gasteiger partial charge in [0.15, 0.2) is 0 Å². The molecule has 0 bridgehead atoms. The Morgan fingerprint density at radius 1 is 1.21 bits per heavy atom. The van der Waals surface area contributed by atoms with Crippen molar-refractivity contribution in [1.29, 1.82) is 0 Å². The van der Waals surface area contributed by atoms with Crippen LogP contribution >= 0.6 is 15.9 Å². The zero-order valence-corrected chi connectivity index (χ0v) is 15.4. The number of hydrogen-bond donors (Lipinski definition) is 1. The molecule has 1 atom stereocenters. The van der Waals surface area contributed by atoms with Crippen molar-refractivity contribution in [1.82, 2.24) is 0 Å². The van der Waals surface area contributed by atoms with Crippen LogP contribution in [0.3, 0.4) is 0 Å². The molecule has 1 N–H and O–H groups in total. The summed E-state index contributed by atoms with van der Waals surface area (Å²) in [6.07, 6.45) is 0.933. The Kier molecular flexibility index (Phi) is 5.61. The van der Waals surface area contributed by atoms with Gasteiger partial charge in [-0.15, -0.1) is 0 Å². The number of para-hydroxylation sites is 1. The fourth-order valence-electron chi connectivity index (χ4n) is 2.22. The van der Waals surface area contributed by atoms with E-state index in [4.69, 9.17) is 0 Å². The monoisotopic (exact) mass is 414 g/mol. The summed E-state index contributed by atoms with van der Waals surface area (Å²) in [5.41, 5.74) is 0.333. The van der Waals surface area contributed by atoms with Gasteiger partial charge in [-0.3, -0.25) is 9.10 Å². The van der Waals surface area contributed by atoms with Crippen molar-refractivity contribution in [2.24, 2.45) is 0 Å². The number of nitrogens with zero attached hydrogens (tertiary/aromatic N) is 1. The molecule has 0 saturated heterocycles. The van der Waals surface area contributed by atoms with Crippen molar-refractivity contribution in [3.8, 4) is 0 Å². The smallest absolute Gasteiger partial charge is 0.247 e. The summed E-state index contributed by atoms with van der Waals surface area (Å²) in [6.45, 7) is 1.40. The third kappa shape index (κ3) is 4.33. The molecule has 128 valence electrons. The molecule has 0 aliphatic rings. The maximum Gasteiger partial charge on any atom is 0.247 e. The van der Waals surface area contributed by atoms with Gasteiger partial charge in [0.2, 0.25) is 15.9 Å². The zero-order valence-electron chi connectivity index (χ0n) is 13.0. The van der Waals surface area contributed by atoms with Crippen LogP contribution in [0, 0.1) is 5.82 Å². The Morgan fingerprint density at radius 3 is 2.46 bits per heavy atom. The van der Waals surface area contributed by atoms with E-state index >= 15 is 0 Å². The van der Waals surface area contributed by atoms with Crippen molar-refractivity contribution in [3.05, 3.63) is 58.8 Å². The number of sulfonamides is 1. The van der Waals surface area contributed by atoms with E-state index in [2.05, 4.69) is 21.2 Å². The second-order valence-electron chi connectivity index (χ2n) is 5.19. The molecule has 2 rings (SSSR count). The van der Waals surface area contributed by atoms with Gasteiger partial charge in [-0.1, -0.05) is 34.1 Å². The Labute approximate surface area is 148 Å². The third-order valence-corrected chi connectivity index (χ3v) is 4.99. The van der Waals surface area contributed by atoms with Gasteiger partial charge in [0.25, 0.3) is 0 Å². The van der Waals surface area contributed by atoms with Crippen molar-refractivity contribution < 1.29 is 17.6 Å². The molecule has 0 heterocycles. The lowest BCUT2D eigenvalue weighted by molar-refractivity contribution is -0.116. The number of carbonyl (C=O) groups is 1. The summed E-state index contributed by atoms with van der Waals surface area (Å²) >= 11 is 3.29. The summed E-state index contributed by atoms with van der Waals surface area (Å²) in [4.78, 5) is 12.4. The molecule has 0 radical (unpaired) electrons.